The van der Waals surface area contributed by atoms with Crippen molar-refractivity contribution < 1.29 is 0 Å². The van der Waals surface area contributed by atoms with Crippen LogP contribution >= 0.6 is 11.3 Å². The molecule has 5 heteroatoms. The maximum atomic E-state index is 12.0. The van der Waals surface area contributed by atoms with E-state index >= 15 is 0 Å². The summed E-state index contributed by atoms with van der Waals surface area (Å²) in [4.78, 5) is 20.5. The van der Waals surface area contributed by atoms with Gasteiger partial charge in [-0.1, -0.05) is 13.0 Å². The number of aromatic nitrogens is 2. The second-order valence-electron chi connectivity index (χ2n) is 5.30. The summed E-state index contributed by atoms with van der Waals surface area (Å²) < 4.78 is 0. The third-order valence-electron chi connectivity index (χ3n) is 3.61. The Morgan fingerprint density at radius 3 is 2.91 bits per heavy atom. The molecule has 22 heavy (non-hydrogen) atoms. The molecule has 0 spiro atoms. The van der Waals surface area contributed by atoms with Crippen molar-refractivity contribution in [3.8, 4) is 0 Å². The summed E-state index contributed by atoms with van der Waals surface area (Å²) >= 11 is 1.80. The van der Waals surface area contributed by atoms with Crippen molar-refractivity contribution >= 4 is 27.2 Å². The van der Waals surface area contributed by atoms with Crippen LogP contribution in [0.1, 0.15) is 23.2 Å². The molecule has 4 nitrogen and oxygen atoms in total. The van der Waals surface area contributed by atoms with E-state index in [0.29, 0.717) is 11.2 Å². The van der Waals surface area contributed by atoms with Crippen LogP contribution in [0.25, 0.3) is 10.9 Å². The van der Waals surface area contributed by atoms with Crippen LogP contribution in [0.3, 0.4) is 0 Å². The molecule has 2 aromatic heterocycles. The first-order valence-corrected chi connectivity index (χ1v) is 8.29. The molecule has 0 aliphatic carbocycles. The van der Waals surface area contributed by atoms with Crippen LogP contribution in [0.2, 0.25) is 0 Å². The summed E-state index contributed by atoms with van der Waals surface area (Å²) in [5, 5.41) is 5.30. The van der Waals surface area contributed by atoms with E-state index in [9.17, 15) is 4.79 Å². The van der Waals surface area contributed by atoms with Crippen LogP contribution in [-0.4, -0.2) is 16.5 Å². The molecule has 0 aliphatic heterocycles. The topological polar surface area (TPSA) is 57.8 Å². The van der Waals surface area contributed by atoms with E-state index < -0.39 is 0 Å². The fourth-order valence-electron chi connectivity index (χ4n) is 2.45. The molecule has 3 aromatic rings. The van der Waals surface area contributed by atoms with Gasteiger partial charge in [-0.15, -0.1) is 11.3 Å². The van der Waals surface area contributed by atoms with E-state index in [1.165, 1.54) is 9.88 Å². The number of hydrogen-bond acceptors (Lipinski definition) is 4. The highest BCUT2D eigenvalue weighted by atomic mass is 32.1. The molecule has 114 valence electrons. The zero-order valence-electron chi connectivity index (χ0n) is 12.8. The summed E-state index contributed by atoms with van der Waals surface area (Å²) in [7, 11) is 0. The van der Waals surface area contributed by atoms with Gasteiger partial charge in [-0.05, 0) is 49.6 Å². The molecule has 0 radical (unpaired) electrons. The Balaban J connectivity index is 1.70. The summed E-state index contributed by atoms with van der Waals surface area (Å²) in [5.74, 6) is 0.649. The van der Waals surface area contributed by atoms with E-state index in [-0.39, 0.29) is 5.56 Å². The van der Waals surface area contributed by atoms with Gasteiger partial charge in [0, 0.05) is 11.4 Å². The Hall–Kier alpha value is -2.14. The predicted octanol–water partition coefficient (Wildman–Crippen LogP) is 3.51. The van der Waals surface area contributed by atoms with Gasteiger partial charge in [0.05, 0.1) is 15.9 Å². The SMILES string of the molecule is CCc1ccc(NCCc2ccc3nc(C)[nH]c(=O)c3c2)s1. The second-order valence-corrected chi connectivity index (χ2v) is 6.47. The zero-order chi connectivity index (χ0) is 15.5. The van der Waals surface area contributed by atoms with E-state index in [1.807, 2.05) is 18.2 Å². The standard InChI is InChI=1S/C17H19N3OS/c1-3-13-5-7-16(22-13)18-9-8-12-4-6-15-14(10-12)17(21)20-11(2)19-15/h4-7,10,18H,3,8-9H2,1-2H3,(H,19,20,21). The number of aryl methyl sites for hydroxylation is 2. The molecule has 2 heterocycles. The first-order valence-electron chi connectivity index (χ1n) is 7.48. The van der Waals surface area contributed by atoms with Crippen molar-refractivity contribution in [1.29, 1.82) is 0 Å². The average Bonchev–Trinajstić information content (AvgIpc) is 2.96. The molecule has 0 bridgehead atoms. The smallest absolute Gasteiger partial charge is 0.258 e. The minimum absolute atomic E-state index is 0.0665. The van der Waals surface area contributed by atoms with Gasteiger partial charge in [-0.25, -0.2) is 4.98 Å². The number of aromatic amines is 1. The van der Waals surface area contributed by atoms with Gasteiger partial charge in [-0.3, -0.25) is 4.79 Å². The van der Waals surface area contributed by atoms with Crippen LogP contribution < -0.4 is 10.9 Å². The highest BCUT2D eigenvalue weighted by molar-refractivity contribution is 7.16. The van der Waals surface area contributed by atoms with Gasteiger partial charge in [0.15, 0.2) is 0 Å². The lowest BCUT2D eigenvalue weighted by atomic mass is 10.1. The van der Waals surface area contributed by atoms with E-state index in [4.69, 9.17) is 0 Å². The molecule has 3 rings (SSSR count). The average molecular weight is 313 g/mol. The maximum absolute atomic E-state index is 12.0. The van der Waals surface area contributed by atoms with Gasteiger partial charge in [-0.2, -0.15) is 0 Å². The second kappa shape index (κ2) is 6.32. The number of hydrogen-bond donors (Lipinski definition) is 2. The van der Waals surface area contributed by atoms with Crippen molar-refractivity contribution in [3.63, 3.8) is 0 Å². The Bertz CT molecular complexity index is 850. The normalized spacial score (nSPS) is 11.0. The first-order chi connectivity index (χ1) is 10.7. The minimum atomic E-state index is -0.0665. The largest absolute Gasteiger partial charge is 0.377 e. The summed E-state index contributed by atoms with van der Waals surface area (Å²) in [5.41, 5.74) is 1.83. The summed E-state index contributed by atoms with van der Waals surface area (Å²) in [6, 6.07) is 10.2. The molecule has 0 saturated carbocycles. The van der Waals surface area contributed by atoms with Crippen molar-refractivity contribution in [1.82, 2.24) is 9.97 Å². The minimum Gasteiger partial charge on any atom is -0.377 e. The van der Waals surface area contributed by atoms with Gasteiger partial charge >= 0.3 is 0 Å². The number of fused-ring (bicyclic) bond motifs is 1. The molecule has 0 fully saturated rings. The van der Waals surface area contributed by atoms with Gasteiger partial charge in [0.1, 0.15) is 5.82 Å². The summed E-state index contributed by atoms with van der Waals surface area (Å²) in [6.07, 6.45) is 1.95. The Morgan fingerprint density at radius 2 is 2.14 bits per heavy atom. The monoisotopic (exact) mass is 313 g/mol. The number of H-pyrrole nitrogens is 1. The van der Waals surface area contributed by atoms with Crippen molar-refractivity contribution in [3.05, 3.63) is 57.0 Å². The van der Waals surface area contributed by atoms with Gasteiger partial charge < -0.3 is 10.3 Å². The Labute approximate surface area is 133 Å². The molecular weight excluding hydrogens is 294 g/mol. The van der Waals surface area contributed by atoms with Crippen molar-refractivity contribution in [2.75, 3.05) is 11.9 Å². The zero-order valence-corrected chi connectivity index (χ0v) is 13.6. The van der Waals surface area contributed by atoms with E-state index in [2.05, 4.69) is 34.3 Å². The first kappa shape index (κ1) is 14.8. The van der Waals surface area contributed by atoms with E-state index in [0.717, 1.165) is 30.5 Å². The van der Waals surface area contributed by atoms with Crippen LogP contribution in [0, 0.1) is 6.92 Å². The Kier molecular flexibility index (Phi) is 4.24. The molecular formula is C17H19N3OS. The van der Waals surface area contributed by atoms with Crippen LogP contribution in [0.15, 0.2) is 35.1 Å². The number of anilines is 1. The quantitative estimate of drug-likeness (QED) is 0.758. The third-order valence-corrected chi connectivity index (χ3v) is 4.80. The molecule has 2 N–H and O–H groups in total. The fraction of sp³-hybridized carbons (Fsp3) is 0.294. The van der Waals surface area contributed by atoms with Crippen molar-refractivity contribution in [2.45, 2.75) is 26.7 Å². The highest BCUT2D eigenvalue weighted by Gasteiger charge is 2.03. The van der Waals surface area contributed by atoms with Crippen LogP contribution in [0.4, 0.5) is 5.00 Å². The van der Waals surface area contributed by atoms with Crippen LogP contribution in [0.5, 0.6) is 0 Å². The molecule has 0 unspecified atom stereocenters. The highest BCUT2D eigenvalue weighted by Crippen LogP contribution is 2.22. The van der Waals surface area contributed by atoms with Crippen LogP contribution in [-0.2, 0) is 12.8 Å². The van der Waals surface area contributed by atoms with Gasteiger partial charge in [0.25, 0.3) is 5.56 Å². The maximum Gasteiger partial charge on any atom is 0.258 e. The third kappa shape index (κ3) is 3.20. The molecule has 0 saturated heterocycles. The summed E-state index contributed by atoms with van der Waals surface area (Å²) in [6.45, 7) is 4.81. The lowest BCUT2D eigenvalue weighted by Crippen LogP contribution is -2.10. The van der Waals surface area contributed by atoms with Crippen molar-refractivity contribution in [2.24, 2.45) is 0 Å². The lowest BCUT2D eigenvalue weighted by molar-refractivity contribution is 1.02. The molecule has 0 aliphatic rings. The predicted molar refractivity (Wildman–Crippen MR) is 93.0 cm³/mol. The number of benzene rings is 1. The van der Waals surface area contributed by atoms with E-state index in [1.54, 1.807) is 18.3 Å². The number of nitrogens with one attached hydrogen (secondary N) is 2. The Morgan fingerprint density at radius 1 is 1.27 bits per heavy atom. The molecule has 1 aromatic carbocycles. The number of nitrogens with zero attached hydrogens (tertiary/aromatic N) is 1. The molecule has 0 amide bonds. The fourth-order valence-corrected chi connectivity index (χ4v) is 3.32. The number of thiophene rings is 1. The lowest BCUT2D eigenvalue weighted by Gasteiger charge is -2.05. The number of rotatable bonds is 5. The van der Waals surface area contributed by atoms with Gasteiger partial charge in [0.2, 0.25) is 0 Å². The molecule has 0 atom stereocenters.